The average molecular weight is 442 g/mol. The molecule has 2 heterocycles. The van der Waals surface area contributed by atoms with Crippen LogP contribution in [0, 0.1) is 5.82 Å². The molecule has 1 aliphatic heterocycles. The molecule has 6 heteroatoms. The number of fused-ring (bicyclic) bond motifs is 2. The number of anilines is 2. The Morgan fingerprint density at radius 3 is 2.27 bits per heavy atom. The maximum atomic E-state index is 15.2. The van der Waals surface area contributed by atoms with Crippen molar-refractivity contribution in [3.8, 4) is 0 Å². The van der Waals surface area contributed by atoms with Gasteiger partial charge in [0.2, 0.25) is 0 Å². The van der Waals surface area contributed by atoms with E-state index in [2.05, 4.69) is 46.2 Å². The van der Waals surface area contributed by atoms with Crippen LogP contribution in [-0.2, 0) is 0 Å². The summed E-state index contributed by atoms with van der Waals surface area (Å²) in [6, 6.07) is 18.1. The molecule has 33 heavy (non-hydrogen) atoms. The molecule has 2 aliphatic rings. The second-order valence-corrected chi connectivity index (χ2v) is 8.96. The Labute approximate surface area is 190 Å². The molecule has 1 saturated heterocycles. The van der Waals surface area contributed by atoms with Crippen molar-refractivity contribution in [1.29, 1.82) is 0 Å². The SMILES string of the molecule is O=Cc1cn(C2CC2)c2cc(N3CCN(c4cccc5ccccc45)CC3)c(F)cc2c1=O. The van der Waals surface area contributed by atoms with Gasteiger partial charge in [0.05, 0.1) is 16.8 Å². The minimum atomic E-state index is -0.413. The number of benzene rings is 3. The maximum Gasteiger partial charge on any atom is 0.199 e. The lowest BCUT2D eigenvalue weighted by Crippen LogP contribution is -2.47. The van der Waals surface area contributed by atoms with Gasteiger partial charge in [0, 0.05) is 54.9 Å². The van der Waals surface area contributed by atoms with E-state index in [1.807, 2.05) is 10.6 Å². The molecule has 3 aromatic carbocycles. The summed E-state index contributed by atoms with van der Waals surface area (Å²) in [5.41, 5.74) is 2.12. The van der Waals surface area contributed by atoms with Crippen LogP contribution in [0.3, 0.4) is 0 Å². The molecular formula is C27H24FN3O2. The first-order chi connectivity index (χ1) is 16.1. The van der Waals surface area contributed by atoms with Crippen molar-refractivity contribution in [2.45, 2.75) is 18.9 Å². The summed E-state index contributed by atoms with van der Waals surface area (Å²) < 4.78 is 17.2. The molecule has 0 spiro atoms. The smallest absolute Gasteiger partial charge is 0.199 e. The third-order valence-electron chi connectivity index (χ3n) is 6.92. The number of halogens is 1. The number of aldehydes is 1. The first kappa shape index (κ1) is 20.0. The molecular weight excluding hydrogens is 417 g/mol. The van der Waals surface area contributed by atoms with E-state index in [0.29, 0.717) is 30.6 Å². The molecule has 0 radical (unpaired) electrons. The predicted octanol–water partition coefficient (Wildman–Crippen LogP) is 4.77. The Bertz CT molecular complexity index is 1440. The molecule has 6 rings (SSSR count). The highest BCUT2D eigenvalue weighted by atomic mass is 19.1. The van der Waals surface area contributed by atoms with Crippen molar-refractivity contribution in [3.63, 3.8) is 0 Å². The van der Waals surface area contributed by atoms with E-state index in [0.717, 1.165) is 25.9 Å². The van der Waals surface area contributed by atoms with Gasteiger partial charge in [-0.1, -0.05) is 36.4 Å². The van der Waals surface area contributed by atoms with E-state index in [9.17, 15) is 9.59 Å². The molecule has 4 aromatic rings. The second-order valence-electron chi connectivity index (χ2n) is 8.96. The minimum absolute atomic E-state index is 0.0882. The predicted molar refractivity (Wildman–Crippen MR) is 130 cm³/mol. The van der Waals surface area contributed by atoms with Crippen molar-refractivity contribution in [1.82, 2.24) is 4.57 Å². The molecule has 0 bridgehead atoms. The van der Waals surface area contributed by atoms with Gasteiger partial charge in [0.25, 0.3) is 0 Å². The number of piperazine rings is 1. The fraction of sp³-hybridized carbons (Fsp3) is 0.259. The summed E-state index contributed by atoms with van der Waals surface area (Å²) in [5.74, 6) is -0.413. The minimum Gasteiger partial charge on any atom is -0.367 e. The standard InChI is InChI=1S/C27H24FN3O2/c28-23-14-22-25(31(20-8-9-20)16-19(17-32)27(22)33)15-26(23)30-12-10-29(11-13-30)24-7-3-5-18-4-1-2-6-21(18)24/h1-7,14-17,20H,8-13H2. The van der Waals surface area contributed by atoms with Gasteiger partial charge in [-0.05, 0) is 36.4 Å². The van der Waals surface area contributed by atoms with Gasteiger partial charge < -0.3 is 14.4 Å². The maximum absolute atomic E-state index is 15.2. The van der Waals surface area contributed by atoms with Gasteiger partial charge in [-0.2, -0.15) is 0 Å². The fourth-order valence-corrected chi connectivity index (χ4v) is 5.03. The van der Waals surface area contributed by atoms with E-state index < -0.39 is 11.2 Å². The number of hydrogen-bond donors (Lipinski definition) is 0. The van der Waals surface area contributed by atoms with Crippen molar-refractivity contribution >= 4 is 39.3 Å². The number of nitrogens with zero attached hydrogens (tertiary/aromatic N) is 3. The van der Waals surface area contributed by atoms with Crippen LogP contribution in [0.1, 0.15) is 29.2 Å². The summed E-state index contributed by atoms with van der Waals surface area (Å²) in [7, 11) is 0. The molecule has 2 fully saturated rings. The first-order valence-electron chi connectivity index (χ1n) is 11.5. The highest BCUT2D eigenvalue weighted by Gasteiger charge is 2.27. The van der Waals surface area contributed by atoms with Crippen molar-refractivity contribution in [2.75, 3.05) is 36.0 Å². The monoisotopic (exact) mass is 441 g/mol. The summed E-state index contributed by atoms with van der Waals surface area (Å²) in [4.78, 5) is 28.5. The zero-order valence-electron chi connectivity index (χ0n) is 18.2. The van der Waals surface area contributed by atoms with Crippen LogP contribution in [0.5, 0.6) is 0 Å². The lowest BCUT2D eigenvalue weighted by Gasteiger charge is -2.38. The summed E-state index contributed by atoms with van der Waals surface area (Å²) in [5, 5.41) is 2.72. The fourth-order valence-electron chi connectivity index (χ4n) is 5.03. The molecule has 1 aromatic heterocycles. The van der Waals surface area contributed by atoms with E-state index in [1.165, 1.54) is 22.5 Å². The van der Waals surface area contributed by atoms with E-state index >= 15 is 4.39 Å². The number of carbonyl (C=O) groups is 1. The van der Waals surface area contributed by atoms with Gasteiger partial charge in [-0.15, -0.1) is 0 Å². The highest BCUT2D eigenvalue weighted by Crippen LogP contribution is 2.38. The van der Waals surface area contributed by atoms with Gasteiger partial charge >= 0.3 is 0 Å². The molecule has 0 atom stereocenters. The van der Waals surface area contributed by atoms with Crippen molar-refractivity contribution in [2.24, 2.45) is 0 Å². The van der Waals surface area contributed by atoms with E-state index in [-0.39, 0.29) is 17.0 Å². The van der Waals surface area contributed by atoms with Crippen LogP contribution < -0.4 is 15.2 Å². The molecule has 0 amide bonds. The van der Waals surface area contributed by atoms with Crippen LogP contribution in [0.15, 0.2) is 65.6 Å². The topological polar surface area (TPSA) is 45.6 Å². The Morgan fingerprint density at radius 2 is 1.55 bits per heavy atom. The first-order valence-corrected chi connectivity index (χ1v) is 11.5. The Morgan fingerprint density at radius 1 is 0.848 bits per heavy atom. The summed E-state index contributed by atoms with van der Waals surface area (Å²) >= 11 is 0. The Kier molecular flexibility index (Phi) is 4.68. The molecule has 1 saturated carbocycles. The zero-order chi connectivity index (χ0) is 22.5. The molecule has 5 nitrogen and oxygen atoms in total. The van der Waals surface area contributed by atoms with Gasteiger partial charge in [0.1, 0.15) is 5.82 Å². The van der Waals surface area contributed by atoms with Crippen LogP contribution in [0.25, 0.3) is 21.7 Å². The van der Waals surface area contributed by atoms with Crippen molar-refractivity contribution < 1.29 is 9.18 Å². The third kappa shape index (κ3) is 3.37. The van der Waals surface area contributed by atoms with E-state index in [1.54, 1.807) is 12.3 Å². The van der Waals surface area contributed by atoms with Crippen LogP contribution in [0.4, 0.5) is 15.8 Å². The third-order valence-corrected chi connectivity index (χ3v) is 6.92. The van der Waals surface area contributed by atoms with E-state index in [4.69, 9.17) is 0 Å². The lowest BCUT2D eigenvalue weighted by molar-refractivity contribution is 0.112. The number of aromatic nitrogens is 1. The number of pyridine rings is 1. The summed E-state index contributed by atoms with van der Waals surface area (Å²) in [6.07, 6.45) is 4.22. The molecule has 0 N–H and O–H groups in total. The molecule has 166 valence electrons. The number of rotatable bonds is 4. The number of hydrogen-bond acceptors (Lipinski definition) is 4. The van der Waals surface area contributed by atoms with Gasteiger partial charge in [-0.25, -0.2) is 4.39 Å². The number of carbonyl (C=O) groups excluding carboxylic acids is 1. The van der Waals surface area contributed by atoms with Crippen LogP contribution in [-0.4, -0.2) is 37.0 Å². The second kappa shape index (κ2) is 7.73. The molecule has 0 unspecified atom stereocenters. The molecule has 1 aliphatic carbocycles. The van der Waals surface area contributed by atoms with Crippen molar-refractivity contribution in [3.05, 3.63) is 82.4 Å². The highest BCUT2D eigenvalue weighted by molar-refractivity contribution is 5.94. The van der Waals surface area contributed by atoms with Crippen LogP contribution >= 0.6 is 0 Å². The normalized spacial score (nSPS) is 16.5. The zero-order valence-corrected chi connectivity index (χ0v) is 18.2. The summed E-state index contributed by atoms with van der Waals surface area (Å²) in [6.45, 7) is 2.94. The average Bonchev–Trinajstić information content (AvgIpc) is 3.70. The Hall–Kier alpha value is -3.67. The lowest BCUT2D eigenvalue weighted by atomic mass is 10.1. The van der Waals surface area contributed by atoms with Crippen LogP contribution in [0.2, 0.25) is 0 Å². The Balaban J connectivity index is 1.33. The van der Waals surface area contributed by atoms with Gasteiger partial charge in [-0.3, -0.25) is 9.59 Å². The quantitative estimate of drug-likeness (QED) is 0.428. The largest absolute Gasteiger partial charge is 0.367 e. The van der Waals surface area contributed by atoms with Gasteiger partial charge in [0.15, 0.2) is 11.7 Å².